The van der Waals surface area contributed by atoms with Crippen molar-refractivity contribution in [3.8, 4) is 11.3 Å². The van der Waals surface area contributed by atoms with Crippen LogP contribution in [0, 0.1) is 0 Å². The average Bonchev–Trinajstić information content (AvgIpc) is 2.94. The number of anilines is 2. The number of nitrogens with zero attached hydrogens (tertiary/aromatic N) is 5. The summed E-state index contributed by atoms with van der Waals surface area (Å²) >= 11 is 0. The van der Waals surface area contributed by atoms with E-state index in [4.69, 9.17) is 0 Å². The molecule has 0 aliphatic rings. The highest BCUT2D eigenvalue weighted by Crippen LogP contribution is 2.18. The average molecular weight is 294 g/mol. The Morgan fingerprint density at radius 1 is 1.23 bits per heavy atom. The molecule has 3 heterocycles. The minimum absolute atomic E-state index is 0.317. The Morgan fingerprint density at radius 2 is 2.14 bits per heavy atom. The number of aldehydes is 1. The van der Waals surface area contributed by atoms with Gasteiger partial charge in [-0.05, 0) is 18.2 Å². The minimum atomic E-state index is 0.317. The van der Waals surface area contributed by atoms with E-state index in [9.17, 15) is 4.79 Å². The summed E-state index contributed by atoms with van der Waals surface area (Å²) in [4.78, 5) is 23.4. The molecule has 0 bridgehead atoms. The maximum atomic E-state index is 10.5. The van der Waals surface area contributed by atoms with E-state index < -0.39 is 0 Å². The zero-order valence-corrected chi connectivity index (χ0v) is 12.0. The van der Waals surface area contributed by atoms with Gasteiger partial charge in [-0.15, -0.1) is 0 Å². The van der Waals surface area contributed by atoms with Gasteiger partial charge in [0, 0.05) is 43.3 Å². The smallest absolute Gasteiger partial charge is 0.227 e. The third kappa shape index (κ3) is 3.14. The van der Waals surface area contributed by atoms with E-state index in [0.29, 0.717) is 12.4 Å². The third-order valence-corrected chi connectivity index (χ3v) is 3.03. The molecular formula is C15H14N6O. The first-order valence-electron chi connectivity index (χ1n) is 6.72. The summed E-state index contributed by atoms with van der Waals surface area (Å²) in [5.74, 6) is 0.488. The lowest BCUT2D eigenvalue weighted by Crippen LogP contribution is -1.98. The van der Waals surface area contributed by atoms with E-state index in [1.54, 1.807) is 23.3 Å². The summed E-state index contributed by atoms with van der Waals surface area (Å²) in [5.41, 5.74) is 3.18. The van der Waals surface area contributed by atoms with Gasteiger partial charge in [0.2, 0.25) is 5.95 Å². The molecule has 0 aromatic carbocycles. The molecule has 0 aliphatic heterocycles. The summed E-state index contributed by atoms with van der Waals surface area (Å²) in [6, 6.07) is 5.52. The van der Waals surface area contributed by atoms with E-state index in [1.807, 2.05) is 31.4 Å². The minimum Gasteiger partial charge on any atom is -0.321 e. The van der Waals surface area contributed by atoms with Crippen molar-refractivity contribution >= 4 is 17.9 Å². The van der Waals surface area contributed by atoms with E-state index in [2.05, 4.69) is 25.4 Å². The molecule has 0 saturated heterocycles. The summed E-state index contributed by atoms with van der Waals surface area (Å²) in [5, 5.41) is 7.17. The summed E-state index contributed by atoms with van der Waals surface area (Å²) in [7, 11) is 1.84. The monoisotopic (exact) mass is 294 g/mol. The molecule has 0 amide bonds. The molecule has 1 N–H and O–H groups in total. The molecule has 110 valence electrons. The van der Waals surface area contributed by atoms with Gasteiger partial charge in [0.25, 0.3) is 0 Å². The Hall–Kier alpha value is -3.09. The van der Waals surface area contributed by atoms with Crippen molar-refractivity contribution in [2.75, 3.05) is 5.32 Å². The highest BCUT2D eigenvalue weighted by Gasteiger charge is 2.04. The van der Waals surface area contributed by atoms with Gasteiger partial charge >= 0.3 is 0 Å². The normalized spacial score (nSPS) is 10.4. The van der Waals surface area contributed by atoms with Crippen LogP contribution in [-0.2, 0) is 18.3 Å². The zero-order chi connectivity index (χ0) is 15.4. The van der Waals surface area contributed by atoms with E-state index in [-0.39, 0.29) is 0 Å². The lowest BCUT2D eigenvalue weighted by molar-refractivity contribution is -0.107. The fraction of sp³-hybridized carbons (Fsp3) is 0.133. The molecule has 3 rings (SSSR count). The van der Waals surface area contributed by atoms with Crippen molar-refractivity contribution in [2.45, 2.75) is 6.42 Å². The number of rotatable bonds is 5. The number of aromatic nitrogens is 5. The number of pyridine rings is 1. The molecule has 7 nitrogen and oxygen atoms in total. The van der Waals surface area contributed by atoms with Crippen molar-refractivity contribution in [1.82, 2.24) is 24.7 Å². The van der Waals surface area contributed by atoms with Gasteiger partial charge in [0.05, 0.1) is 17.6 Å². The lowest BCUT2D eigenvalue weighted by Gasteiger charge is -2.05. The number of hydrogen-bond donors (Lipinski definition) is 1. The molecule has 0 spiro atoms. The van der Waals surface area contributed by atoms with Crippen LogP contribution in [0.2, 0.25) is 0 Å². The third-order valence-electron chi connectivity index (χ3n) is 3.03. The Kier molecular flexibility index (Phi) is 3.86. The summed E-state index contributed by atoms with van der Waals surface area (Å²) < 4.78 is 1.70. The van der Waals surface area contributed by atoms with Crippen LogP contribution in [-0.4, -0.2) is 31.0 Å². The molecule has 0 unspecified atom stereocenters. The molecule has 0 fully saturated rings. The molecule has 0 aliphatic carbocycles. The molecule has 7 heteroatoms. The second-order valence-corrected chi connectivity index (χ2v) is 4.70. The number of aryl methyl sites for hydroxylation is 1. The second-order valence-electron chi connectivity index (χ2n) is 4.70. The van der Waals surface area contributed by atoms with Crippen LogP contribution in [0.4, 0.5) is 11.6 Å². The van der Waals surface area contributed by atoms with Crippen LogP contribution in [0.1, 0.15) is 5.69 Å². The van der Waals surface area contributed by atoms with Gasteiger partial charge < -0.3 is 10.1 Å². The second kappa shape index (κ2) is 6.13. The van der Waals surface area contributed by atoms with Gasteiger partial charge in [-0.25, -0.2) is 9.97 Å². The van der Waals surface area contributed by atoms with E-state index in [0.717, 1.165) is 28.9 Å². The Balaban J connectivity index is 1.82. The molecule has 3 aromatic rings. The quantitative estimate of drug-likeness (QED) is 0.722. The molecule has 22 heavy (non-hydrogen) atoms. The van der Waals surface area contributed by atoms with Gasteiger partial charge in [-0.1, -0.05) is 0 Å². The molecular weight excluding hydrogens is 280 g/mol. The summed E-state index contributed by atoms with van der Waals surface area (Å²) in [6.07, 6.45) is 8.08. The first-order valence-corrected chi connectivity index (χ1v) is 6.72. The van der Waals surface area contributed by atoms with E-state index in [1.165, 1.54) is 0 Å². The maximum Gasteiger partial charge on any atom is 0.227 e. The Labute approximate surface area is 127 Å². The number of carbonyl (C=O) groups is 1. The highest BCUT2D eigenvalue weighted by atomic mass is 16.1. The van der Waals surface area contributed by atoms with Crippen LogP contribution in [0.3, 0.4) is 0 Å². The first kappa shape index (κ1) is 13.9. The highest BCUT2D eigenvalue weighted by molar-refractivity contribution is 5.61. The Bertz CT molecular complexity index is 781. The number of nitrogens with one attached hydrogen (secondary N) is 1. The van der Waals surface area contributed by atoms with Gasteiger partial charge in [-0.2, -0.15) is 5.10 Å². The van der Waals surface area contributed by atoms with Gasteiger partial charge in [0.15, 0.2) is 0 Å². The van der Waals surface area contributed by atoms with Crippen molar-refractivity contribution in [2.24, 2.45) is 7.05 Å². The van der Waals surface area contributed by atoms with Crippen molar-refractivity contribution in [3.05, 3.63) is 48.7 Å². The van der Waals surface area contributed by atoms with Crippen molar-refractivity contribution in [1.29, 1.82) is 0 Å². The topological polar surface area (TPSA) is 85.6 Å². The predicted octanol–water partition coefficient (Wildman–Crippen LogP) is 1.76. The van der Waals surface area contributed by atoms with Gasteiger partial charge in [0.1, 0.15) is 6.29 Å². The Morgan fingerprint density at radius 3 is 2.82 bits per heavy atom. The molecule has 0 radical (unpaired) electrons. The van der Waals surface area contributed by atoms with Crippen molar-refractivity contribution in [3.63, 3.8) is 0 Å². The molecule has 3 aromatic heterocycles. The van der Waals surface area contributed by atoms with Crippen LogP contribution in [0.25, 0.3) is 11.3 Å². The number of carbonyl (C=O) groups excluding carboxylic acids is 1. The summed E-state index contributed by atoms with van der Waals surface area (Å²) in [6.45, 7) is 0. The maximum absolute atomic E-state index is 10.5. The lowest BCUT2D eigenvalue weighted by atomic mass is 10.2. The van der Waals surface area contributed by atoms with E-state index >= 15 is 0 Å². The predicted molar refractivity (Wildman–Crippen MR) is 81.5 cm³/mol. The fourth-order valence-electron chi connectivity index (χ4n) is 1.98. The van der Waals surface area contributed by atoms with Crippen LogP contribution >= 0.6 is 0 Å². The van der Waals surface area contributed by atoms with Crippen LogP contribution in [0.15, 0.2) is 43.0 Å². The van der Waals surface area contributed by atoms with Crippen LogP contribution in [0.5, 0.6) is 0 Å². The largest absolute Gasteiger partial charge is 0.321 e. The molecule has 0 atom stereocenters. The number of hydrogen-bond acceptors (Lipinski definition) is 6. The first-order chi connectivity index (χ1) is 10.7. The zero-order valence-electron chi connectivity index (χ0n) is 12.0. The van der Waals surface area contributed by atoms with Crippen molar-refractivity contribution < 1.29 is 4.79 Å². The fourth-order valence-corrected chi connectivity index (χ4v) is 1.98. The standard InChI is InChI=1S/C15H14N6O/c1-21-10-13(9-18-21)19-15-16-6-4-14(20-15)11-2-3-12(5-7-22)17-8-11/h2-4,6-10H,5H2,1H3,(H,16,19,20). The van der Waals surface area contributed by atoms with Gasteiger partial charge in [-0.3, -0.25) is 9.67 Å². The molecule has 0 saturated carbocycles. The SMILES string of the molecule is Cn1cc(Nc2nccc(-c3ccc(CC=O)nc3)n2)cn1. The van der Waals surface area contributed by atoms with Crippen LogP contribution < -0.4 is 5.32 Å².